The molecule has 0 heterocycles. The molecule has 98 valence electrons. The average molecular weight is 274 g/mol. The summed E-state index contributed by atoms with van der Waals surface area (Å²) in [6.07, 6.45) is 0.476. The van der Waals surface area contributed by atoms with Crippen LogP contribution in [0, 0.1) is 6.92 Å². The van der Waals surface area contributed by atoms with E-state index >= 15 is 0 Å². The Morgan fingerprint density at radius 3 is 2.58 bits per heavy atom. The highest BCUT2D eigenvalue weighted by molar-refractivity contribution is 6.31. The number of rotatable bonds is 4. The predicted octanol–water partition coefficient (Wildman–Crippen LogP) is 4.98. The first-order valence-electron chi connectivity index (χ1n) is 6.27. The molecular weight excluding hydrogens is 258 g/mol. The van der Waals surface area contributed by atoms with Crippen molar-refractivity contribution in [3.63, 3.8) is 0 Å². The van der Waals surface area contributed by atoms with E-state index < -0.39 is 0 Å². The van der Waals surface area contributed by atoms with Crippen molar-refractivity contribution in [1.29, 1.82) is 0 Å². The Bertz CT molecular complexity index is 607. The van der Waals surface area contributed by atoms with Crippen molar-refractivity contribution in [3.05, 3.63) is 58.6 Å². The maximum Gasteiger partial charge on any atom is 0.164 e. The molecule has 19 heavy (non-hydrogen) atoms. The molecule has 0 spiro atoms. The molecule has 2 aromatic carbocycles. The van der Waals surface area contributed by atoms with Gasteiger partial charge in [0.25, 0.3) is 0 Å². The molecule has 0 saturated heterocycles. The van der Waals surface area contributed by atoms with Gasteiger partial charge in [0.1, 0.15) is 0 Å². The third-order valence-corrected chi connectivity index (χ3v) is 3.25. The van der Waals surface area contributed by atoms with Crippen molar-refractivity contribution in [3.8, 4) is 0 Å². The highest BCUT2D eigenvalue weighted by Gasteiger charge is 2.11. The van der Waals surface area contributed by atoms with E-state index in [9.17, 15) is 4.79 Å². The van der Waals surface area contributed by atoms with Crippen LogP contribution >= 0.6 is 11.6 Å². The van der Waals surface area contributed by atoms with E-state index in [4.69, 9.17) is 11.6 Å². The second kappa shape index (κ2) is 5.89. The molecule has 0 aromatic heterocycles. The Labute approximate surface area is 118 Å². The van der Waals surface area contributed by atoms with Gasteiger partial charge in [-0.25, -0.2) is 0 Å². The van der Waals surface area contributed by atoms with Crippen LogP contribution in [0.4, 0.5) is 11.4 Å². The summed E-state index contributed by atoms with van der Waals surface area (Å²) in [4.78, 5) is 11.9. The minimum Gasteiger partial charge on any atom is -0.355 e. The first-order chi connectivity index (χ1) is 9.11. The van der Waals surface area contributed by atoms with Crippen LogP contribution in [-0.2, 0) is 0 Å². The van der Waals surface area contributed by atoms with Gasteiger partial charge in [0, 0.05) is 22.7 Å². The first kappa shape index (κ1) is 13.6. The number of anilines is 2. The standard InChI is InChI=1S/C16H16ClNO/c1-3-16(19)13-9-8-12(17)10-15(13)18-14-7-5-4-6-11(14)2/h4-10,18H,3H2,1-2H3. The quantitative estimate of drug-likeness (QED) is 0.796. The monoisotopic (exact) mass is 273 g/mol. The fourth-order valence-corrected chi connectivity index (χ4v) is 2.08. The number of aryl methyl sites for hydroxylation is 1. The zero-order chi connectivity index (χ0) is 13.8. The largest absolute Gasteiger partial charge is 0.355 e. The van der Waals surface area contributed by atoms with Gasteiger partial charge >= 0.3 is 0 Å². The number of ketones is 1. The molecule has 2 nitrogen and oxygen atoms in total. The second-order valence-corrected chi connectivity index (χ2v) is 4.84. The molecule has 0 unspecified atom stereocenters. The molecule has 2 aromatic rings. The third kappa shape index (κ3) is 3.15. The van der Waals surface area contributed by atoms with E-state index in [2.05, 4.69) is 5.32 Å². The second-order valence-electron chi connectivity index (χ2n) is 4.41. The molecule has 0 bridgehead atoms. The molecule has 3 heteroatoms. The van der Waals surface area contributed by atoms with Gasteiger partial charge in [-0.2, -0.15) is 0 Å². The predicted molar refractivity (Wildman–Crippen MR) is 80.5 cm³/mol. The minimum atomic E-state index is 0.104. The fourth-order valence-electron chi connectivity index (χ4n) is 1.91. The highest BCUT2D eigenvalue weighted by atomic mass is 35.5. The Kier molecular flexibility index (Phi) is 4.23. The number of hydrogen-bond acceptors (Lipinski definition) is 2. The zero-order valence-electron chi connectivity index (χ0n) is 11.0. The lowest BCUT2D eigenvalue weighted by Crippen LogP contribution is -2.03. The van der Waals surface area contributed by atoms with E-state index in [1.807, 2.05) is 38.1 Å². The Morgan fingerprint density at radius 2 is 1.89 bits per heavy atom. The lowest BCUT2D eigenvalue weighted by atomic mass is 10.1. The fraction of sp³-hybridized carbons (Fsp3) is 0.188. The Hall–Kier alpha value is -1.80. The summed E-state index contributed by atoms with van der Waals surface area (Å²) in [5.41, 5.74) is 3.54. The van der Waals surface area contributed by atoms with Crippen molar-refractivity contribution < 1.29 is 4.79 Å². The first-order valence-corrected chi connectivity index (χ1v) is 6.65. The zero-order valence-corrected chi connectivity index (χ0v) is 11.8. The molecule has 0 aliphatic carbocycles. The molecule has 0 radical (unpaired) electrons. The maximum atomic E-state index is 11.9. The van der Waals surface area contributed by atoms with Crippen molar-refractivity contribution in [2.45, 2.75) is 20.3 Å². The molecule has 1 N–H and O–H groups in total. The normalized spacial score (nSPS) is 10.3. The summed E-state index contributed by atoms with van der Waals surface area (Å²) in [6, 6.07) is 13.3. The molecule has 0 atom stereocenters. The molecule has 0 aliphatic heterocycles. The van der Waals surface area contributed by atoms with Crippen LogP contribution in [0.25, 0.3) is 0 Å². The van der Waals surface area contributed by atoms with Crippen LogP contribution in [0.15, 0.2) is 42.5 Å². The van der Waals surface area contributed by atoms with Crippen LogP contribution in [0.2, 0.25) is 5.02 Å². The molecular formula is C16H16ClNO. The summed E-state index contributed by atoms with van der Waals surface area (Å²) in [5, 5.41) is 3.91. The molecule has 0 amide bonds. The van der Waals surface area contributed by atoms with Crippen molar-refractivity contribution in [2.24, 2.45) is 0 Å². The van der Waals surface area contributed by atoms with Crippen molar-refractivity contribution in [1.82, 2.24) is 0 Å². The number of carbonyl (C=O) groups excluding carboxylic acids is 1. The Morgan fingerprint density at radius 1 is 1.16 bits per heavy atom. The van der Waals surface area contributed by atoms with Crippen LogP contribution < -0.4 is 5.32 Å². The summed E-state index contributed by atoms with van der Waals surface area (Å²) in [5.74, 6) is 0.104. The van der Waals surface area contributed by atoms with Crippen LogP contribution in [0.3, 0.4) is 0 Å². The van der Waals surface area contributed by atoms with Crippen molar-refractivity contribution >= 4 is 28.8 Å². The molecule has 0 aliphatic rings. The van der Waals surface area contributed by atoms with Gasteiger partial charge in [0.2, 0.25) is 0 Å². The van der Waals surface area contributed by atoms with E-state index in [1.165, 1.54) is 0 Å². The number of hydrogen-bond donors (Lipinski definition) is 1. The number of Topliss-reactive ketones (excluding diaryl/α,β-unsaturated/α-hetero) is 1. The minimum absolute atomic E-state index is 0.104. The third-order valence-electron chi connectivity index (χ3n) is 3.02. The summed E-state index contributed by atoms with van der Waals surface area (Å²) in [7, 11) is 0. The SMILES string of the molecule is CCC(=O)c1ccc(Cl)cc1Nc1ccccc1C. The van der Waals surface area contributed by atoms with E-state index in [0.29, 0.717) is 17.0 Å². The lowest BCUT2D eigenvalue weighted by molar-refractivity contribution is 0.0989. The van der Waals surface area contributed by atoms with Crippen LogP contribution in [0.5, 0.6) is 0 Å². The molecule has 2 rings (SSSR count). The number of nitrogens with one attached hydrogen (secondary N) is 1. The van der Waals surface area contributed by atoms with Crippen LogP contribution in [0.1, 0.15) is 29.3 Å². The number of benzene rings is 2. The number of carbonyl (C=O) groups is 1. The maximum absolute atomic E-state index is 11.9. The topological polar surface area (TPSA) is 29.1 Å². The van der Waals surface area contributed by atoms with Crippen LogP contribution in [-0.4, -0.2) is 5.78 Å². The van der Waals surface area contributed by atoms with E-state index in [1.54, 1.807) is 18.2 Å². The summed E-state index contributed by atoms with van der Waals surface area (Å²) >= 11 is 6.02. The van der Waals surface area contributed by atoms with Gasteiger partial charge in [-0.3, -0.25) is 4.79 Å². The molecule has 0 saturated carbocycles. The highest BCUT2D eigenvalue weighted by Crippen LogP contribution is 2.27. The van der Waals surface area contributed by atoms with Crippen molar-refractivity contribution in [2.75, 3.05) is 5.32 Å². The smallest absolute Gasteiger partial charge is 0.164 e. The van der Waals surface area contributed by atoms with Gasteiger partial charge in [0.15, 0.2) is 5.78 Å². The van der Waals surface area contributed by atoms with Gasteiger partial charge < -0.3 is 5.32 Å². The van der Waals surface area contributed by atoms with Gasteiger partial charge in [-0.1, -0.05) is 36.7 Å². The van der Waals surface area contributed by atoms with Gasteiger partial charge in [-0.15, -0.1) is 0 Å². The van der Waals surface area contributed by atoms with Gasteiger partial charge in [-0.05, 0) is 36.8 Å². The summed E-state index contributed by atoms with van der Waals surface area (Å²) < 4.78 is 0. The number of para-hydroxylation sites is 1. The summed E-state index contributed by atoms with van der Waals surface area (Å²) in [6.45, 7) is 3.88. The number of halogens is 1. The average Bonchev–Trinajstić information content (AvgIpc) is 2.41. The molecule has 0 fully saturated rings. The van der Waals surface area contributed by atoms with E-state index in [0.717, 1.165) is 16.9 Å². The lowest BCUT2D eigenvalue weighted by Gasteiger charge is -2.13. The van der Waals surface area contributed by atoms with E-state index in [-0.39, 0.29) is 5.78 Å². The van der Waals surface area contributed by atoms with Gasteiger partial charge in [0.05, 0.1) is 5.69 Å². The Balaban J connectivity index is 2.41.